The zero-order valence-electron chi connectivity index (χ0n) is 21.8. The van der Waals surface area contributed by atoms with E-state index in [1.165, 1.54) is 0 Å². The van der Waals surface area contributed by atoms with E-state index in [1.54, 1.807) is 17.3 Å². The van der Waals surface area contributed by atoms with Gasteiger partial charge in [0, 0.05) is 32.0 Å². The molecule has 4 rings (SSSR count). The van der Waals surface area contributed by atoms with Crippen molar-refractivity contribution < 1.29 is 14.3 Å². The van der Waals surface area contributed by atoms with Crippen LogP contribution in [0.15, 0.2) is 77.8 Å². The Labute approximate surface area is 218 Å². The molecule has 1 fully saturated rings. The van der Waals surface area contributed by atoms with Gasteiger partial charge < -0.3 is 15.4 Å². The zero-order valence-corrected chi connectivity index (χ0v) is 21.8. The maximum Gasteiger partial charge on any atom is 0.261 e. The summed E-state index contributed by atoms with van der Waals surface area (Å²) in [6.07, 6.45) is 10.7. The number of nitrogens with zero attached hydrogens (tertiary/aromatic N) is 4. The van der Waals surface area contributed by atoms with Crippen LogP contribution in [0.4, 0.5) is 0 Å². The van der Waals surface area contributed by atoms with Crippen molar-refractivity contribution in [2.75, 3.05) is 26.2 Å². The molecule has 1 aromatic heterocycles. The van der Waals surface area contributed by atoms with Crippen LogP contribution in [0.1, 0.15) is 39.2 Å². The number of hydrogen-bond donors (Lipinski definition) is 1. The van der Waals surface area contributed by atoms with E-state index >= 15 is 0 Å². The van der Waals surface area contributed by atoms with Gasteiger partial charge in [0.1, 0.15) is 5.76 Å². The molecule has 1 unspecified atom stereocenters. The average molecular weight is 502 g/mol. The fraction of sp³-hybridized carbons (Fsp3) is 0.379. The molecule has 1 atom stereocenters. The van der Waals surface area contributed by atoms with Crippen LogP contribution in [0.3, 0.4) is 0 Å². The molecule has 2 amide bonds. The average Bonchev–Trinajstić information content (AvgIpc) is 3.15. The number of guanidine groups is 1. The van der Waals surface area contributed by atoms with E-state index in [4.69, 9.17) is 10.5 Å². The SMILES string of the molecule is C/C=C\C(=C/C)OCC(=O)N1CCC(CN2C(=O)C(C)(c3cccc(-c4cccnc4)c3)N=C2N)CC1. The molecule has 2 aliphatic heterocycles. The first kappa shape index (κ1) is 26.1. The zero-order chi connectivity index (χ0) is 26.4. The number of pyridine rings is 1. The van der Waals surface area contributed by atoms with Gasteiger partial charge in [0.15, 0.2) is 18.1 Å². The van der Waals surface area contributed by atoms with Gasteiger partial charge in [-0.15, -0.1) is 0 Å². The number of amides is 2. The molecule has 1 aromatic carbocycles. The van der Waals surface area contributed by atoms with Gasteiger partial charge in [-0.1, -0.05) is 30.3 Å². The first-order valence-corrected chi connectivity index (χ1v) is 12.7. The lowest BCUT2D eigenvalue weighted by molar-refractivity contribution is -0.137. The minimum atomic E-state index is -1.08. The van der Waals surface area contributed by atoms with E-state index in [1.807, 2.05) is 80.3 Å². The van der Waals surface area contributed by atoms with Crippen molar-refractivity contribution in [3.63, 3.8) is 0 Å². The number of aliphatic imine (C=N–C) groups is 1. The Morgan fingerprint density at radius 1 is 1.19 bits per heavy atom. The summed E-state index contributed by atoms with van der Waals surface area (Å²) in [7, 11) is 0. The number of rotatable bonds is 8. The summed E-state index contributed by atoms with van der Waals surface area (Å²) in [6, 6.07) is 11.7. The van der Waals surface area contributed by atoms with E-state index in [2.05, 4.69) is 9.98 Å². The lowest BCUT2D eigenvalue weighted by Crippen LogP contribution is -2.47. The molecular weight excluding hydrogens is 466 g/mol. The highest BCUT2D eigenvalue weighted by Gasteiger charge is 2.46. The summed E-state index contributed by atoms with van der Waals surface area (Å²) < 4.78 is 5.61. The molecular formula is C29H35N5O3. The van der Waals surface area contributed by atoms with Gasteiger partial charge in [-0.2, -0.15) is 0 Å². The molecule has 2 aromatic rings. The molecule has 1 saturated heterocycles. The Morgan fingerprint density at radius 3 is 2.62 bits per heavy atom. The monoisotopic (exact) mass is 501 g/mol. The van der Waals surface area contributed by atoms with Crippen molar-refractivity contribution in [1.82, 2.24) is 14.8 Å². The van der Waals surface area contributed by atoms with Crippen LogP contribution in [-0.2, 0) is 19.9 Å². The predicted octanol–water partition coefficient (Wildman–Crippen LogP) is 3.86. The number of allylic oxidation sites excluding steroid dienone is 3. The quantitative estimate of drug-likeness (QED) is 0.437. The topological polar surface area (TPSA) is 101 Å². The summed E-state index contributed by atoms with van der Waals surface area (Å²) in [5.74, 6) is 1.02. The first-order valence-electron chi connectivity index (χ1n) is 12.7. The molecule has 194 valence electrons. The van der Waals surface area contributed by atoms with E-state index in [-0.39, 0.29) is 30.3 Å². The predicted molar refractivity (Wildman–Crippen MR) is 144 cm³/mol. The van der Waals surface area contributed by atoms with Gasteiger partial charge in [0.25, 0.3) is 11.8 Å². The highest BCUT2D eigenvalue weighted by molar-refractivity contribution is 6.07. The molecule has 3 heterocycles. The van der Waals surface area contributed by atoms with Gasteiger partial charge in [-0.05, 0) is 80.5 Å². The Balaban J connectivity index is 1.36. The van der Waals surface area contributed by atoms with Crippen molar-refractivity contribution in [3.8, 4) is 11.1 Å². The number of likely N-dealkylation sites (tertiary alicyclic amines) is 1. The Bertz CT molecular complexity index is 1220. The number of nitrogens with two attached hydrogens (primary N) is 1. The summed E-state index contributed by atoms with van der Waals surface area (Å²) >= 11 is 0. The van der Waals surface area contributed by atoms with Crippen molar-refractivity contribution >= 4 is 17.8 Å². The summed E-state index contributed by atoms with van der Waals surface area (Å²) in [5, 5.41) is 0. The number of hydrogen-bond acceptors (Lipinski definition) is 6. The number of carbonyl (C=O) groups is 2. The van der Waals surface area contributed by atoms with Crippen LogP contribution in [0, 0.1) is 5.92 Å². The standard InChI is InChI=1S/C29H35N5O3/c1-4-8-25(5-2)37-20-26(35)33-15-12-21(13-16-33)19-34-27(36)29(3,32-28(34)30)24-11-6-9-22(17-24)23-10-7-14-31-18-23/h4-11,14,17-18,21H,12-13,15-16,19-20H2,1-3H3,(H2,30,32)/b8-4-,25-5+. The lowest BCUT2D eigenvalue weighted by Gasteiger charge is -2.34. The first-order chi connectivity index (χ1) is 17.9. The summed E-state index contributed by atoms with van der Waals surface area (Å²) in [4.78, 5) is 38.4. The molecule has 37 heavy (non-hydrogen) atoms. The number of piperidine rings is 1. The van der Waals surface area contributed by atoms with E-state index in [0.29, 0.717) is 25.4 Å². The summed E-state index contributed by atoms with van der Waals surface area (Å²) in [6.45, 7) is 7.38. The van der Waals surface area contributed by atoms with Crippen LogP contribution in [0.5, 0.6) is 0 Å². The minimum absolute atomic E-state index is 0.0232. The molecule has 8 nitrogen and oxygen atoms in total. The number of carbonyl (C=O) groups excluding carboxylic acids is 2. The number of aromatic nitrogens is 1. The fourth-order valence-corrected chi connectivity index (χ4v) is 4.86. The van der Waals surface area contributed by atoms with E-state index in [0.717, 1.165) is 29.5 Å². The third kappa shape index (κ3) is 5.74. The Morgan fingerprint density at radius 2 is 1.95 bits per heavy atom. The highest BCUT2D eigenvalue weighted by atomic mass is 16.5. The Hall–Kier alpha value is -3.94. The highest BCUT2D eigenvalue weighted by Crippen LogP contribution is 2.35. The molecule has 8 heteroatoms. The lowest BCUT2D eigenvalue weighted by atomic mass is 9.89. The molecule has 0 bridgehead atoms. The van der Waals surface area contributed by atoms with Crippen LogP contribution in [0.2, 0.25) is 0 Å². The van der Waals surface area contributed by atoms with Gasteiger partial charge >= 0.3 is 0 Å². The fourth-order valence-electron chi connectivity index (χ4n) is 4.86. The summed E-state index contributed by atoms with van der Waals surface area (Å²) in [5.41, 5.74) is 7.95. The van der Waals surface area contributed by atoms with Crippen molar-refractivity contribution in [1.29, 1.82) is 0 Å². The van der Waals surface area contributed by atoms with Gasteiger partial charge in [0.05, 0.1) is 0 Å². The third-order valence-corrected chi connectivity index (χ3v) is 7.08. The van der Waals surface area contributed by atoms with Crippen LogP contribution in [0.25, 0.3) is 11.1 Å². The molecule has 2 N–H and O–H groups in total. The molecule has 0 radical (unpaired) electrons. The maximum atomic E-state index is 13.6. The van der Waals surface area contributed by atoms with Gasteiger partial charge in [-0.25, -0.2) is 4.99 Å². The molecule has 2 aliphatic rings. The van der Waals surface area contributed by atoms with Gasteiger partial charge in [0.2, 0.25) is 0 Å². The smallest absolute Gasteiger partial charge is 0.261 e. The number of ether oxygens (including phenoxy) is 1. The molecule has 0 spiro atoms. The second kappa shape index (κ2) is 11.4. The Kier molecular flexibility index (Phi) is 8.06. The van der Waals surface area contributed by atoms with Gasteiger partial charge in [-0.3, -0.25) is 19.5 Å². The van der Waals surface area contributed by atoms with Crippen LogP contribution >= 0.6 is 0 Å². The van der Waals surface area contributed by atoms with Crippen LogP contribution in [-0.4, -0.2) is 58.8 Å². The van der Waals surface area contributed by atoms with Crippen molar-refractivity contribution in [2.45, 2.75) is 39.2 Å². The van der Waals surface area contributed by atoms with Crippen molar-refractivity contribution in [3.05, 3.63) is 78.3 Å². The normalized spacial score (nSPS) is 21.0. The molecule has 0 saturated carbocycles. The number of benzene rings is 1. The van der Waals surface area contributed by atoms with E-state index < -0.39 is 5.54 Å². The maximum absolute atomic E-state index is 13.6. The second-order valence-electron chi connectivity index (χ2n) is 9.58. The minimum Gasteiger partial charge on any atom is -0.484 e. The second-order valence-corrected chi connectivity index (χ2v) is 9.58. The molecule has 0 aliphatic carbocycles. The van der Waals surface area contributed by atoms with Crippen molar-refractivity contribution in [2.24, 2.45) is 16.6 Å². The largest absolute Gasteiger partial charge is 0.484 e. The van der Waals surface area contributed by atoms with Crippen LogP contribution < -0.4 is 5.73 Å². The van der Waals surface area contributed by atoms with E-state index in [9.17, 15) is 9.59 Å². The third-order valence-electron chi connectivity index (χ3n) is 7.08.